The number of aliphatic hydroxyl groups excluding tert-OH is 1. The molecule has 0 aromatic heterocycles. The molecule has 5 heteroatoms. The minimum absolute atomic E-state index is 0.189. The first-order valence-electron chi connectivity index (χ1n) is 5.58. The summed E-state index contributed by atoms with van der Waals surface area (Å²) >= 11 is 3.26. The molecule has 0 aliphatic carbocycles. The molecule has 2 nitrogen and oxygen atoms in total. The maximum atomic E-state index is 13.4. The Labute approximate surface area is 117 Å². The van der Waals surface area contributed by atoms with Crippen LogP contribution in [0.3, 0.4) is 0 Å². The van der Waals surface area contributed by atoms with Crippen molar-refractivity contribution in [1.29, 1.82) is 0 Å². The average Bonchev–Trinajstić information content (AvgIpc) is 2.36. The fourth-order valence-electron chi connectivity index (χ4n) is 1.53. The summed E-state index contributed by atoms with van der Waals surface area (Å²) in [5, 5.41) is 9.44. The Morgan fingerprint density at radius 1 is 1.11 bits per heavy atom. The molecular formula is C14H11BrF2O2. The predicted octanol–water partition coefficient (Wildman–Crippen LogP) is 4.57. The van der Waals surface area contributed by atoms with E-state index in [-0.39, 0.29) is 5.75 Å². The van der Waals surface area contributed by atoms with Gasteiger partial charge in [-0.1, -0.05) is 6.07 Å². The van der Waals surface area contributed by atoms with Gasteiger partial charge in [0.25, 0.3) is 0 Å². The summed E-state index contributed by atoms with van der Waals surface area (Å²) in [5.74, 6) is -1.07. The van der Waals surface area contributed by atoms with Gasteiger partial charge in [0.15, 0.2) is 11.6 Å². The van der Waals surface area contributed by atoms with E-state index < -0.39 is 17.7 Å². The third kappa shape index (κ3) is 3.30. The lowest BCUT2D eigenvalue weighted by molar-refractivity contribution is 0.199. The summed E-state index contributed by atoms with van der Waals surface area (Å²) in [6.45, 7) is 1.63. The first-order chi connectivity index (χ1) is 8.97. The Morgan fingerprint density at radius 2 is 1.84 bits per heavy atom. The highest BCUT2D eigenvalue weighted by Crippen LogP contribution is 2.33. The van der Waals surface area contributed by atoms with Crippen LogP contribution in [-0.4, -0.2) is 5.11 Å². The minimum Gasteiger partial charge on any atom is -0.453 e. The van der Waals surface area contributed by atoms with Crippen LogP contribution in [0, 0.1) is 11.6 Å². The molecule has 0 aliphatic rings. The minimum atomic E-state index is -0.645. The summed E-state index contributed by atoms with van der Waals surface area (Å²) in [5.41, 5.74) is 0.693. The molecule has 0 aliphatic heterocycles. The van der Waals surface area contributed by atoms with Crippen molar-refractivity contribution in [2.45, 2.75) is 13.0 Å². The van der Waals surface area contributed by atoms with Gasteiger partial charge in [0.2, 0.25) is 0 Å². The Kier molecular flexibility index (Phi) is 4.17. The molecule has 1 atom stereocenters. The average molecular weight is 329 g/mol. The fourth-order valence-corrected chi connectivity index (χ4v) is 2.01. The molecule has 0 spiro atoms. The highest BCUT2D eigenvalue weighted by atomic mass is 79.9. The molecule has 2 rings (SSSR count). The third-order valence-corrected chi connectivity index (χ3v) is 3.17. The van der Waals surface area contributed by atoms with Crippen LogP contribution in [0.2, 0.25) is 0 Å². The highest BCUT2D eigenvalue weighted by Gasteiger charge is 2.10. The van der Waals surface area contributed by atoms with Gasteiger partial charge in [0.05, 0.1) is 10.6 Å². The zero-order valence-electron chi connectivity index (χ0n) is 10.0. The zero-order valence-corrected chi connectivity index (χ0v) is 11.6. The molecule has 1 N–H and O–H groups in total. The van der Waals surface area contributed by atoms with Gasteiger partial charge in [0.1, 0.15) is 11.6 Å². The Bertz CT molecular complexity index is 600. The summed E-state index contributed by atoms with van der Waals surface area (Å²) < 4.78 is 32.3. The number of rotatable bonds is 3. The normalized spacial score (nSPS) is 12.3. The number of hydrogen-bond donors (Lipinski definition) is 1. The SMILES string of the molecule is CC(O)c1ccc(Oc2cc(F)ccc2F)c(Br)c1. The summed E-state index contributed by atoms with van der Waals surface area (Å²) in [6, 6.07) is 7.90. The third-order valence-electron chi connectivity index (χ3n) is 2.55. The van der Waals surface area contributed by atoms with E-state index in [0.717, 1.165) is 18.2 Å². The maximum Gasteiger partial charge on any atom is 0.166 e. The standard InChI is InChI=1S/C14H11BrF2O2/c1-8(18)9-2-5-13(11(15)6-9)19-14-7-10(16)3-4-12(14)17/h2-8,18H,1H3. The second kappa shape index (κ2) is 5.67. The number of halogens is 3. The molecule has 2 aromatic carbocycles. The first-order valence-corrected chi connectivity index (χ1v) is 6.37. The largest absolute Gasteiger partial charge is 0.453 e. The lowest BCUT2D eigenvalue weighted by Crippen LogP contribution is -1.94. The van der Waals surface area contributed by atoms with Crippen molar-refractivity contribution in [3.8, 4) is 11.5 Å². The number of benzene rings is 2. The van der Waals surface area contributed by atoms with Crippen molar-refractivity contribution in [1.82, 2.24) is 0 Å². The van der Waals surface area contributed by atoms with Crippen LogP contribution in [0.5, 0.6) is 11.5 Å². The van der Waals surface area contributed by atoms with Crippen molar-refractivity contribution in [2.24, 2.45) is 0 Å². The van der Waals surface area contributed by atoms with E-state index in [1.807, 2.05) is 0 Å². The first kappa shape index (κ1) is 14.0. The summed E-state index contributed by atoms with van der Waals surface area (Å²) in [7, 11) is 0. The maximum absolute atomic E-state index is 13.4. The number of aliphatic hydroxyl groups is 1. The lowest BCUT2D eigenvalue weighted by atomic mass is 10.1. The van der Waals surface area contributed by atoms with E-state index in [1.165, 1.54) is 0 Å². The molecule has 0 amide bonds. The smallest absolute Gasteiger partial charge is 0.166 e. The molecule has 0 radical (unpaired) electrons. The second-order valence-corrected chi connectivity index (χ2v) is 4.90. The van der Waals surface area contributed by atoms with E-state index in [0.29, 0.717) is 15.8 Å². The molecule has 0 bridgehead atoms. The van der Waals surface area contributed by atoms with Crippen LogP contribution in [0.15, 0.2) is 40.9 Å². The van der Waals surface area contributed by atoms with E-state index in [4.69, 9.17) is 4.74 Å². The van der Waals surface area contributed by atoms with Crippen molar-refractivity contribution in [3.05, 3.63) is 58.1 Å². The molecule has 0 heterocycles. The quantitative estimate of drug-likeness (QED) is 0.894. The second-order valence-electron chi connectivity index (χ2n) is 4.04. The van der Waals surface area contributed by atoms with Gasteiger partial charge in [-0.25, -0.2) is 8.78 Å². The van der Waals surface area contributed by atoms with E-state index >= 15 is 0 Å². The van der Waals surface area contributed by atoms with Crippen molar-refractivity contribution in [2.75, 3.05) is 0 Å². The van der Waals surface area contributed by atoms with Crippen LogP contribution < -0.4 is 4.74 Å². The van der Waals surface area contributed by atoms with Crippen molar-refractivity contribution >= 4 is 15.9 Å². The van der Waals surface area contributed by atoms with Crippen LogP contribution in [0.1, 0.15) is 18.6 Å². The molecular weight excluding hydrogens is 318 g/mol. The molecule has 2 aromatic rings. The topological polar surface area (TPSA) is 29.5 Å². The van der Waals surface area contributed by atoms with Gasteiger partial charge >= 0.3 is 0 Å². The summed E-state index contributed by atoms with van der Waals surface area (Å²) in [6.07, 6.45) is -0.615. The van der Waals surface area contributed by atoms with Gasteiger partial charge in [0, 0.05) is 6.07 Å². The Balaban J connectivity index is 2.31. The van der Waals surface area contributed by atoms with E-state index in [1.54, 1.807) is 25.1 Å². The van der Waals surface area contributed by atoms with Crippen molar-refractivity contribution in [3.63, 3.8) is 0 Å². The van der Waals surface area contributed by atoms with Crippen LogP contribution in [0.4, 0.5) is 8.78 Å². The van der Waals surface area contributed by atoms with Gasteiger partial charge in [-0.05, 0) is 52.7 Å². The Hall–Kier alpha value is -1.46. The predicted molar refractivity (Wildman–Crippen MR) is 71.2 cm³/mol. The van der Waals surface area contributed by atoms with Gasteiger partial charge in [-0.3, -0.25) is 0 Å². The molecule has 1 unspecified atom stereocenters. The monoisotopic (exact) mass is 328 g/mol. The van der Waals surface area contributed by atoms with Gasteiger partial charge in [-0.15, -0.1) is 0 Å². The number of ether oxygens (including phenoxy) is 1. The van der Waals surface area contributed by atoms with E-state index in [9.17, 15) is 13.9 Å². The van der Waals surface area contributed by atoms with Crippen LogP contribution >= 0.6 is 15.9 Å². The molecule has 0 saturated heterocycles. The molecule has 19 heavy (non-hydrogen) atoms. The molecule has 100 valence electrons. The lowest BCUT2D eigenvalue weighted by Gasteiger charge is -2.11. The van der Waals surface area contributed by atoms with Crippen molar-refractivity contribution < 1.29 is 18.6 Å². The molecule has 0 saturated carbocycles. The Morgan fingerprint density at radius 3 is 2.47 bits per heavy atom. The van der Waals surface area contributed by atoms with E-state index in [2.05, 4.69) is 15.9 Å². The fraction of sp³-hybridized carbons (Fsp3) is 0.143. The highest BCUT2D eigenvalue weighted by molar-refractivity contribution is 9.10. The van der Waals surface area contributed by atoms with Crippen LogP contribution in [-0.2, 0) is 0 Å². The zero-order chi connectivity index (χ0) is 14.0. The van der Waals surface area contributed by atoms with Gasteiger partial charge in [-0.2, -0.15) is 0 Å². The molecule has 0 fully saturated rings. The van der Waals surface area contributed by atoms with Crippen LogP contribution in [0.25, 0.3) is 0 Å². The summed E-state index contributed by atoms with van der Waals surface area (Å²) in [4.78, 5) is 0. The van der Waals surface area contributed by atoms with Gasteiger partial charge < -0.3 is 9.84 Å². The number of hydrogen-bond acceptors (Lipinski definition) is 2.